The van der Waals surface area contributed by atoms with Crippen LogP contribution in [0.1, 0.15) is 82.8 Å². The molecular formula is C28H37N3O2. The molecule has 0 aliphatic heterocycles. The predicted molar refractivity (Wildman–Crippen MR) is 135 cm³/mol. The van der Waals surface area contributed by atoms with Crippen LogP contribution in [0, 0.1) is 17.2 Å². The van der Waals surface area contributed by atoms with Gasteiger partial charge in [0.15, 0.2) is 0 Å². The Morgan fingerprint density at radius 3 is 2.42 bits per heavy atom. The van der Waals surface area contributed by atoms with Gasteiger partial charge in [-0.15, -0.1) is 0 Å². The van der Waals surface area contributed by atoms with Gasteiger partial charge in [0, 0.05) is 18.3 Å². The number of hydrogen-bond donors (Lipinski definition) is 2. The van der Waals surface area contributed by atoms with Gasteiger partial charge in [-0.3, -0.25) is 4.79 Å². The summed E-state index contributed by atoms with van der Waals surface area (Å²) in [5, 5.41) is 22.1. The lowest BCUT2D eigenvalue weighted by Crippen LogP contribution is -2.39. The maximum atomic E-state index is 11.4. The molecular weight excluding hydrogens is 410 g/mol. The monoisotopic (exact) mass is 447 g/mol. The van der Waals surface area contributed by atoms with Crippen LogP contribution in [-0.4, -0.2) is 23.7 Å². The van der Waals surface area contributed by atoms with E-state index in [-0.39, 0.29) is 12.3 Å². The van der Waals surface area contributed by atoms with Gasteiger partial charge in [-0.25, -0.2) is 0 Å². The van der Waals surface area contributed by atoms with Crippen LogP contribution in [0.2, 0.25) is 0 Å². The highest BCUT2D eigenvalue weighted by Gasteiger charge is 2.25. The molecule has 0 amide bonds. The summed E-state index contributed by atoms with van der Waals surface area (Å²) in [4.78, 5) is 14.0. The van der Waals surface area contributed by atoms with Crippen LogP contribution in [0.25, 0.3) is 0 Å². The van der Waals surface area contributed by atoms with Crippen LogP contribution in [0.3, 0.4) is 0 Å². The van der Waals surface area contributed by atoms with Gasteiger partial charge in [0.2, 0.25) is 0 Å². The minimum Gasteiger partial charge on any atom is -0.481 e. The number of anilines is 3. The van der Waals surface area contributed by atoms with E-state index >= 15 is 0 Å². The maximum absolute atomic E-state index is 11.4. The van der Waals surface area contributed by atoms with E-state index in [1.165, 1.54) is 37.8 Å². The van der Waals surface area contributed by atoms with Crippen molar-refractivity contribution < 1.29 is 9.90 Å². The summed E-state index contributed by atoms with van der Waals surface area (Å²) in [6, 6.07) is 16.6. The minimum atomic E-state index is -0.767. The predicted octanol–water partition coefficient (Wildman–Crippen LogP) is 7.07. The molecule has 5 nitrogen and oxygen atoms in total. The fraction of sp³-hybridized carbons (Fsp3) is 0.500. The molecule has 0 bridgehead atoms. The summed E-state index contributed by atoms with van der Waals surface area (Å²) in [7, 11) is 0. The van der Waals surface area contributed by atoms with Crippen molar-refractivity contribution in [3.05, 3.63) is 53.6 Å². The SMILES string of the molecule is CCC(CC(=O)O)c1ccc(N(CC(C)C)C2CCCCC2)c(Nc2ccc(C#N)cc2)c1. The highest BCUT2D eigenvalue weighted by molar-refractivity contribution is 5.77. The second-order valence-corrected chi connectivity index (χ2v) is 9.63. The molecule has 1 aliphatic carbocycles. The number of nitrogens with one attached hydrogen (secondary N) is 1. The first kappa shape index (κ1) is 24.6. The Balaban J connectivity index is 2.03. The molecule has 1 saturated carbocycles. The van der Waals surface area contributed by atoms with E-state index in [1.807, 2.05) is 31.2 Å². The average molecular weight is 448 g/mol. The topological polar surface area (TPSA) is 76.4 Å². The number of carbonyl (C=O) groups is 1. The number of carboxylic acid groups (broad SMARTS) is 1. The van der Waals surface area contributed by atoms with Gasteiger partial charge in [0.25, 0.3) is 0 Å². The minimum absolute atomic E-state index is 0.0219. The number of nitrogens with zero attached hydrogens (tertiary/aromatic N) is 2. The van der Waals surface area contributed by atoms with Crippen molar-refractivity contribution in [2.75, 3.05) is 16.8 Å². The Labute approximate surface area is 198 Å². The van der Waals surface area contributed by atoms with Crippen LogP contribution in [0.15, 0.2) is 42.5 Å². The Morgan fingerprint density at radius 1 is 1.15 bits per heavy atom. The first-order valence-electron chi connectivity index (χ1n) is 12.3. The average Bonchev–Trinajstić information content (AvgIpc) is 2.82. The van der Waals surface area contributed by atoms with Crippen LogP contribution in [-0.2, 0) is 4.79 Å². The molecule has 3 rings (SSSR count). The molecule has 1 aliphatic rings. The highest BCUT2D eigenvalue weighted by Crippen LogP contribution is 2.38. The maximum Gasteiger partial charge on any atom is 0.303 e. The molecule has 2 aromatic rings. The molecule has 1 fully saturated rings. The molecule has 0 aromatic heterocycles. The molecule has 0 radical (unpaired) electrons. The van der Waals surface area contributed by atoms with Crippen molar-refractivity contribution in [2.45, 2.75) is 77.7 Å². The normalized spacial score (nSPS) is 15.1. The van der Waals surface area contributed by atoms with Gasteiger partial charge >= 0.3 is 5.97 Å². The standard InChI is InChI=1S/C28H37N3O2/c1-4-22(17-28(32)33)23-12-15-27(31(19-20(2)3)25-8-6-5-7-9-25)26(16-23)30-24-13-10-21(18-29)11-14-24/h10-16,20,22,25,30H,4-9,17,19H2,1-3H3,(H,32,33). The molecule has 0 saturated heterocycles. The number of carboxylic acids is 1. The molecule has 2 aromatic carbocycles. The lowest BCUT2D eigenvalue weighted by Gasteiger charge is -2.38. The summed E-state index contributed by atoms with van der Waals surface area (Å²) in [6.45, 7) is 7.55. The smallest absolute Gasteiger partial charge is 0.303 e. The van der Waals surface area contributed by atoms with E-state index in [4.69, 9.17) is 5.26 Å². The fourth-order valence-electron chi connectivity index (χ4n) is 4.88. The van der Waals surface area contributed by atoms with E-state index < -0.39 is 5.97 Å². The molecule has 5 heteroatoms. The molecule has 1 atom stereocenters. The van der Waals surface area contributed by atoms with E-state index in [0.717, 1.165) is 29.9 Å². The van der Waals surface area contributed by atoms with Crippen molar-refractivity contribution in [2.24, 2.45) is 5.92 Å². The number of benzene rings is 2. The first-order chi connectivity index (χ1) is 15.9. The Morgan fingerprint density at radius 2 is 1.85 bits per heavy atom. The third-order valence-electron chi connectivity index (χ3n) is 6.59. The van der Waals surface area contributed by atoms with Gasteiger partial charge in [-0.1, -0.05) is 46.1 Å². The van der Waals surface area contributed by atoms with E-state index in [2.05, 4.69) is 48.3 Å². The quantitative estimate of drug-likeness (QED) is 0.407. The van der Waals surface area contributed by atoms with Crippen LogP contribution < -0.4 is 10.2 Å². The van der Waals surface area contributed by atoms with Crippen molar-refractivity contribution >= 4 is 23.0 Å². The van der Waals surface area contributed by atoms with Crippen LogP contribution >= 0.6 is 0 Å². The van der Waals surface area contributed by atoms with Crippen molar-refractivity contribution in [1.82, 2.24) is 0 Å². The number of rotatable bonds is 10. The lowest BCUT2D eigenvalue weighted by atomic mass is 9.90. The zero-order valence-corrected chi connectivity index (χ0v) is 20.2. The van der Waals surface area contributed by atoms with Crippen molar-refractivity contribution in [1.29, 1.82) is 5.26 Å². The van der Waals surface area contributed by atoms with Gasteiger partial charge < -0.3 is 15.3 Å². The van der Waals surface area contributed by atoms with Gasteiger partial charge in [-0.05, 0) is 73.1 Å². The molecule has 0 spiro atoms. The number of nitriles is 1. The molecule has 1 unspecified atom stereocenters. The molecule has 33 heavy (non-hydrogen) atoms. The lowest BCUT2D eigenvalue weighted by molar-refractivity contribution is -0.137. The Hall–Kier alpha value is -3.00. The molecule has 176 valence electrons. The summed E-state index contributed by atoms with van der Waals surface area (Å²) >= 11 is 0. The first-order valence-corrected chi connectivity index (χ1v) is 12.3. The van der Waals surface area contributed by atoms with Crippen LogP contribution in [0.5, 0.6) is 0 Å². The Kier molecular flexibility index (Phi) is 8.77. The summed E-state index contributed by atoms with van der Waals surface area (Å²) in [5.74, 6) is -0.257. The molecule has 2 N–H and O–H groups in total. The number of aliphatic carboxylic acids is 1. The zero-order chi connectivity index (χ0) is 23.8. The fourth-order valence-corrected chi connectivity index (χ4v) is 4.88. The third kappa shape index (κ3) is 6.74. The van der Waals surface area contributed by atoms with Gasteiger partial charge in [0.1, 0.15) is 0 Å². The summed E-state index contributed by atoms with van der Waals surface area (Å²) in [6.07, 6.45) is 7.18. The Bertz CT molecular complexity index is 956. The second-order valence-electron chi connectivity index (χ2n) is 9.63. The third-order valence-corrected chi connectivity index (χ3v) is 6.59. The van der Waals surface area contributed by atoms with Gasteiger partial charge in [0.05, 0.1) is 29.4 Å². The van der Waals surface area contributed by atoms with Crippen molar-refractivity contribution in [3.63, 3.8) is 0 Å². The summed E-state index contributed by atoms with van der Waals surface area (Å²) < 4.78 is 0. The second kappa shape index (κ2) is 11.7. The van der Waals surface area contributed by atoms with Crippen LogP contribution in [0.4, 0.5) is 17.1 Å². The van der Waals surface area contributed by atoms with Gasteiger partial charge in [-0.2, -0.15) is 5.26 Å². The highest BCUT2D eigenvalue weighted by atomic mass is 16.4. The van der Waals surface area contributed by atoms with E-state index in [1.54, 1.807) is 0 Å². The zero-order valence-electron chi connectivity index (χ0n) is 20.2. The molecule has 0 heterocycles. The number of hydrogen-bond acceptors (Lipinski definition) is 4. The van der Waals surface area contributed by atoms with E-state index in [9.17, 15) is 9.90 Å². The largest absolute Gasteiger partial charge is 0.481 e. The van der Waals surface area contributed by atoms with E-state index in [0.29, 0.717) is 17.5 Å². The summed E-state index contributed by atoms with van der Waals surface area (Å²) in [5.41, 5.74) is 4.78. The van der Waals surface area contributed by atoms with Crippen molar-refractivity contribution in [3.8, 4) is 6.07 Å².